The summed E-state index contributed by atoms with van der Waals surface area (Å²) in [5.41, 5.74) is -0.512. The first-order valence-electron chi connectivity index (χ1n) is 11.4. The van der Waals surface area contributed by atoms with Gasteiger partial charge in [0.2, 0.25) is 0 Å². The molecule has 0 fully saturated rings. The van der Waals surface area contributed by atoms with Crippen LogP contribution < -0.4 is 0 Å². The van der Waals surface area contributed by atoms with Crippen LogP contribution in [0.1, 0.15) is 20.6 Å². The first-order chi connectivity index (χ1) is 14.4. The van der Waals surface area contributed by atoms with Gasteiger partial charge in [-0.3, -0.25) is 0 Å². The number of rotatable bonds is 1. The number of hydrogen-bond acceptors (Lipinski definition) is 1. The molecule has 4 aromatic rings. The summed E-state index contributed by atoms with van der Waals surface area (Å²) in [5, 5.41) is -0.0555. The van der Waals surface area contributed by atoms with Crippen LogP contribution in [0.25, 0.3) is 33.1 Å². The fourth-order valence-corrected chi connectivity index (χ4v) is 2.10. The van der Waals surface area contributed by atoms with Crippen molar-refractivity contribution in [2.45, 2.75) is 6.92 Å². The van der Waals surface area contributed by atoms with Gasteiger partial charge in [-0.15, -0.1) is 0 Å². The molecule has 1 aromatic heterocycles. The smallest absolute Gasteiger partial charge is 0.138 e. The third kappa shape index (κ3) is 1.64. The van der Waals surface area contributed by atoms with E-state index in [-0.39, 0.29) is 44.7 Å². The lowest BCUT2D eigenvalue weighted by Crippen LogP contribution is -1.80. The monoisotopic (exact) mass is 269 g/mol. The molecule has 0 bridgehead atoms. The summed E-state index contributed by atoms with van der Waals surface area (Å²) in [6, 6.07) is -5.51. The van der Waals surface area contributed by atoms with Crippen LogP contribution in [0.3, 0.4) is 0 Å². The predicted octanol–water partition coefficient (Wildman–Crippen LogP) is 5.56. The molecule has 20 heavy (non-hydrogen) atoms. The van der Waals surface area contributed by atoms with Gasteiger partial charge in [0.15, 0.2) is 0 Å². The molecule has 0 saturated heterocycles. The van der Waals surface area contributed by atoms with E-state index in [1.54, 1.807) is 0 Å². The Morgan fingerprint density at radius 2 is 1.55 bits per heavy atom. The maximum atomic E-state index is 8.72. The highest BCUT2D eigenvalue weighted by Gasteiger charge is 2.10. The Labute approximate surface area is 132 Å². The third-order valence-electron chi connectivity index (χ3n) is 2.99. The van der Waals surface area contributed by atoms with Gasteiger partial charge in [-0.25, -0.2) is 0 Å². The van der Waals surface area contributed by atoms with E-state index >= 15 is 0 Å². The van der Waals surface area contributed by atoms with Gasteiger partial charge >= 0.3 is 0 Å². The van der Waals surface area contributed by atoms with Crippen LogP contribution in [0.5, 0.6) is 0 Å². The van der Waals surface area contributed by atoms with Crippen molar-refractivity contribution in [1.82, 2.24) is 0 Å². The molecule has 0 aliphatic heterocycles. The molecule has 0 N–H and O–H groups in total. The summed E-state index contributed by atoms with van der Waals surface area (Å²) in [6.07, 6.45) is 0. The van der Waals surface area contributed by atoms with Crippen molar-refractivity contribution in [3.05, 3.63) is 72.0 Å². The SMILES string of the molecule is [2H]c1c([2H])c([2H])c(-c2c([2H])c(C)c3oc4c([2H])c([2H])c([2H])c([2H])c4c3c2[2H])c([2H])c1[2H]. The lowest BCUT2D eigenvalue weighted by atomic mass is 10.00. The zero-order valence-corrected chi connectivity index (χ0v) is 10.4. The van der Waals surface area contributed by atoms with Crippen molar-refractivity contribution >= 4 is 21.9 Å². The highest BCUT2D eigenvalue weighted by atomic mass is 16.3. The molecule has 0 radical (unpaired) electrons. The van der Waals surface area contributed by atoms with Crippen molar-refractivity contribution in [1.29, 1.82) is 0 Å². The normalized spacial score (nSPS) is 18.9. The second-order valence-electron chi connectivity index (χ2n) is 4.26. The topological polar surface area (TPSA) is 13.1 Å². The molecular formula is C19H14O. The largest absolute Gasteiger partial charge is 0.456 e. The number of benzene rings is 3. The standard InChI is InChI=1S/C19H14O/c1-13-11-15(14-7-3-2-4-8-14)12-17-16-9-5-6-10-18(16)20-19(13)17/h2-12H,1H3/i2D,3D,4D,5D,6D,7D,8D,9D,10D,11D,12D. The molecule has 0 unspecified atom stereocenters. The van der Waals surface area contributed by atoms with E-state index in [0.717, 1.165) is 0 Å². The van der Waals surface area contributed by atoms with E-state index in [4.69, 9.17) is 19.5 Å². The Kier molecular flexibility index (Phi) is 1.01. The fraction of sp³-hybridized carbons (Fsp3) is 0.0526. The number of fused-ring (bicyclic) bond motifs is 3. The second kappa shape index (κ2) is 4.24. The summed E-state index contributed by atoms with van der Waals surface area (Å²) in [6.45, 7) is 1.49. The number of para-hydroxylation sites is 1. The third-order valence-corrected chi connectivity index (χ3v) is 2.99. The van der Waals surface area contributed by atoms with E-state index in [9.17, 15) is 0 Å². The van der Waals surface area contributed by atoms with Gasteiger partial charge in [0.05, 0.1) is 15.1 Å². The molecule has 96 valence electrons. The van der Waals surface area contributed by atoms with Gasteiger partial charge in [0.25, 0.3) is 0 Å². The molecule has 3 aromatic carbocycles. The average molecular weight is 269 g/mol. The van der Waals surface area contributed by atoms with Crippen LogP contribution in [0.4, 0.5) is 0 Å². The molecule has 0 atom stereocenters. The van der Waals surface area contributed by atoms with Crippen molar-refractivity contribution in [3.8, 4) is 11.1 Å². The highest BCUT2D eigenvalue weighted by Crippen LogP contribution is 2.34. The quantitative estimate of drug-likeness (QED) is 0.441. The first-order valence-corrected chi connectivity index (χ1v) is 5.91. The summed E-state index contributed by atoms with van der Waals surface area (Å²) >= 11 is 0. The maximum Gasteiger partial charge on any atom is 0.138 e. The van der Waals surface area contributed by atoms with E-state index in [1.807, 2.05) is 0 Å². The van der Waals surface area contributed by atoms with Crippen LogP contribution in [0.15, 0.2) is 70.9 Å². The Balaban J connectivity index is 2.30. The van der Waals surface area contributed by atoms with Gasteiger partial charge < -0.3 is 4.42 Å². The van der Waals surface area contributed by atoms with Crippen LogP contribution in [-0.2, 0) is 0 Å². The molecule has 0 saturated carbocycles. The Bertz CT molecular complexity index is 1420. The van der Waals surface area contributed by atoms with E-state index in [2.05, 4.69) is 0 Å². The van der Waals surface area contributed by atoms with Crippen LogP contribution in [0, 0.1) is 6.92 Å². The average Bonchev–Trinajstić information content (AvgIpc) is 3.15. The maximum absolute atomic E-state index is 8.72. The van der Waals surface area contributed by atoms with Crippen LogP contribution in [0.2, 0.25) is 0 Å². The number of furan rings is 1. The lowest BCUT2D eigenvalue weighted by Gasteiger charge is -2.04. The van der Waals surface area contributed by atoms with E-state index in [0.29, 0.717) is 0 Å². The summed E-state index contributed by atoms with van der Waals surface area (Å²) in [7, 11) is 0. The van der Waals surface area contributed by atoms with Gasteiger partial charge in [0, 0.05) is 10.8 Å². The molecule has 0 spiro atoms. The van der Waals surface area contributed by atoms with Crippen molar-refractivity contribution in [3.63, 3.8) is 0 Å². The van der Waals surface area contributed by atoms with Gasteiger partial charge in [-0.1, -0.05) is 48.3 Å². The Morgan fingerprint density at radius 3 is 2.40 bits per heavy atom. The predicted molar refractivity (Wildman–Crippen MR) is 83.9 cm³/mol. The summed E-state index contributed by atoms with van der Waals surface area (Å²) < 4.78 is 95.1. The number of aryl methyl sites for hydroxylation is 1. The zero-order chi connectivity index (χ0) is 23.1. The molecule has 1 heterocycles. The first kappa shape index (κ1) is 4.78. The summed E-state index contributed by atoms with van der Waals surface area (Å²) in [5.74, 6) is 0. The molecule has 1 nitrogen and oxygen atoms in total. The van der Waals surface area contributed by atoms with Crippen molar-refractivity contribution in [2.75, 3.05) is 0 Å². The second-order valence-corrected chi connectivity index (χ2v) is 4.26. The van der Waals surface area contributed by atoms with Crippen LogP contribution >= 0.6 is 0 Å². The summed E-state index contributed by atoms with van der Waals surface area (Å²) in [4.78, 5) is 0. The molecule has 0 aliphatic carbocycles. The molecule has 4 rings (SSSR count). The molecule has 1 heteroatoms. The van der Waals surface area contributed by atoms with Crippen molar-refractivity contribution in [2.24, 2.45) is 0 Å². The minimum Gasteiger partial charge on any atom is -0.456 e. The Hall–Kier alpha value is -2.54. The molecule has 0 amide bonds. The minimum atomic E-state index is -0.605. The lowest BCUT2D eigenvalue weighted by molar-refractivity contribution is 0.666. The highest BCUT2D eigenvalue weighted by molar-refractivity contribution is 6.07. The van der Waals surface area contributed by atoms with Gasteiger partial charge in [-0.05, 0) is 41.7 Å². The van der Waals surface area contributed by atoms with Gasteiger partial charge in [-0.2, -0.15) is 0 Å². The van der Waals surface area contributed by atoms with E-state index in [1.165, 1.54) is 6.92 Å². The Morgan fingerprint density at radius 1 is 0.800 bits per heavy atom. The molecule has 0 aliphatic rings. The van der Waals surface area contributed by atoms with Gasteiger partial charge in [0.1, 0.15) is 11.2 Å². The van der Waals surface area contributed by atoms with Crippen LogP contribution in [-0.4, -0.2) is 0 Å². The van der Waals surface area contributed by atoms with Crippen molar-refractivity contribution < 1.29 is 19.5 Å². The number of hydrogen-bond donors (Lipinski definition) is 0. The minimum absolute atomic E-state index is 0.00249. The fourth-order valence-electron chi connectivity index (χ4n) is 2.10. The zero-order valence-electron chi connectivity index (χ0n) is 21.4. The molecular weight excluding hydrogens is 244 g/mol. The van der Waals surface area contributed by atoms with E-state index < -0.39 is 60.4 Å².